The van der Waals surface area contributed by atoms with Gasteiger partial charge in [-0.2, -0.15) is 0 Å². The Morgan fingerprint density at radius 1 is 1.18 bits per heavy atom. The second-order valence-corrected chi connectivity index (χ2v) is 9.56. The number of ether oxygens (including phenoxy) is 1. The van der Waals surface area contributed by atoms with E-state index in [1.165, 1.54) is 19.2 Å². The van der Waals surface area contributed by atoms with E-state index in [1.54, 1.807) is 43.3 Å². The molecule has 0 aliphatic heterocycles. The maximum Gasteiger partial charge on any atom is 0.261 e. The second-order valence-electron chi connectivity index (χ2n) is 7.88. The molecule has 0 fully saturated rings. The predicted octanol–water partition coefficient (Wildman–Crippen LogP) is 4.51. The Balaban J connectivity index is 1.73. The van der Waals surface area contributed by atoms with E-state index in [4.69, 9.17) is 9.15 Å². The molecular formula is C24H29N3O5S. The van der Waals surface area contributed by atoms with Crippen LogP contribution < -0.4 is 14.8 Å². The van der Waals surface area contributed by atoms with Gasteiger partial charge in [-0.3, -0.25) is 9.52 Å². The van der Waals surface area contributed by atoms with Gasteiger partial charge < -0.3 is 14.5 Å². The molecule has 9 heteroatoms. The fourth-order valence-corrected chi connectivity index (χ4v) is 4.16. The van der Waals surface area contributed by atoms with Crippen molar-refractivity contribution in [3.05, 3.63) is 60.0 Å². The second kappa shape index (κ2) is 10.5. The van der Waals surface area contributed by atoms with Crippen molar-refractivity contribution in [2.45, 2.75) is 45.1 Å². The fourth-order valence-electron chi connectivity index (χ4n) is 3.12. The number of hydrogen-bond donors (Lipinski definition) is 2. The van der Waals surface area contributed by atoms with Gasteiger partial charge in [-0.1, -0.05) is 26.3 Å². The lowest BCUT2D eigenvalue weighted by molar-refractivity contribution is -0.122. The Kier molecular flexibility index (Phi) is 7.75. The molecule has 1 atom stereocenters. The maximum atomic E-state index is 12.7. The first-order chi connectivity index (χ1) is 15.7. The van der Waals surface area contributed by atoms with Crippen molar-refractivity contribution in [3.8, 4) is 17.2 Å². The molecular weight excluding hydrogens is 442 g/mol. The smallest absolute Gasteiger partial charge is 0.261 e. The highest BCUT2D eigenvalue weighted by Crippen LogP contribution is 2.26. The molecule has 8 nitrogen and oxygen atoms in total. The molecule has 2 N–H and O–H groups in total. The topological polar surface area (TPSA) is 111 Å². The number of benzene rings is 2. The Morgan fingerprint density at radius 2 is 1.91 bits per heavy atom. The largest absolute Gasteiger partial charge is 0.497 e. The first kappa shape index (κ1) is 24.3. The minimum Gasteiger partial charge on any atom is -0.497 e. The van der Waals surface area contributed by atoms with Gasteiger partial charge in [-0.05, 0) is 55.3 Å². The number of carbonyl (C=O) groups excluding carboxylic acids is 1. The van der Waals surface area contributed by atoms with Gasteiger partial charge in [-0.25, -0.2) is 13.4 Å². The fraction of sp³-hybridized carbons (Fsp3) is 0.333. The molecule has 3 rings (SSSR count). The highest BCUT2D eigenvalue weighted by Gasteiger charge is 2.17. The number of nitrogens with one attached hydrogen (secondary N) is 2. The zero-order chi connectivity index (χ0) is 24.0. The van der Waals surface area contributed by atoms with Crippen molar-refractivity contribution in [2.24, 2.45) is 5.92 Å². The highest BCUT2D eigenvalue weighted by atomic mass is 32.2. The number of rotatable bonds is 10. The van der Waals surface area contributed by atoms with E-state index in [-0.39, 0.29) is 17.3 Å². The Bertz CT molecular complexity index is 1200. The molecule has 0 aliphatic carbocycles. The Morgan fingerprint density at radius 3 is 2.58 bits per heavy atom. The lowest BCUT2D eigenvalue weighted by Gasteiger charge is -2.09. The summed E-state index contributed by atoms with van der Waals surface area (Å²) in [5.74, 6) is 1.82. The summed E-state index contributed by atoms with van der Waals surface area (Å²) in [6.45, 7) is 6.14. The monoisotopic (exact) mass is 471 g/mol. The van der Waals surface area contributed by atoms with Crippen LogP contribution in [0, 0.1) is 12.8 Å². The molecule has 0 radical (unpaired) electrons. The number of hydrogen-bond acceptors (Lipinski definition) is 6. The minimum atomic E-state index is -3.77. The van der Waals surface area contributed by atoms with Crippen LogP contribution in [-0.2, 0) is 21.4 Å². The van der Waals surface area contributed by atoms with Crippen LogP contribution in [0.2, 0.25) is 0 Å². The first-order valence-electron chi connectivity index (χ1n) is 10.7. The number of aryl methyl sites for hydroxylation is 1. The van der Waals surface area contributed by atoms with E-state index >= 15 is 0 Å². The van der Waals surface area contributed by atoms with Crippen LogP contribution >= 0.6 is 0 Å². The number of carbonyl (C=O) groups is 1. The van der Waals surface area contributed by atoms with Gasteiger partial charge in [0.05, 0.1) is 18.6 Å². The summed E-state index contributed by atoms with van der Waals surface area (Å²) >= 11 is 0. The van der Waals surface area contributed by atoms with Crippen molar-refractivity contribution >= 4 is 21.6 Å². The maximum absolute atomic E-state index is 12.7. The summed E-state index contributed by atoms with van der Waals surface area (Å²) < 4.78 is 38.9. The lowest BCUT2D eigenvalue weighted by Crippen LogP contribution is -2.24. The van der Waals surface area contributed by atoms with Gasteiger partial charge in [-0.15, -0.1) is 0 Å². The normalized spacial score (nSPS) is 12.2. The summed E-state index contributed by atoms with van der Waals surface area (Å²) in [6, 6.07) is 12.9. The van der Waals surface area contributed by atoms with Crippen molar-refractivity contribution in [3.63, 3.8) is 0 Å². The zero-order valence-corrected chi connectivity index (χ0v) is 20.0. The molecule has 1 amide bonds. The number of oxazole rings is 1. The van der Waals surface area contributed by atoms with E-state index in [2.05, 4.69) is 21.9 Å². The number of nitrogens with zero attached hydrogens (tertiary/aromatic N) is 1. The molecule has 1 heterocycles. The van der Waals surface area contributed by atoms with Gasteiger partial charge in [0, 0.05) is 17.7 Å². The van der Waals surface area contributed by atoms with E-state index in [0.29, 0.717) is 46.7 Å². The van der Waals surface area contributed by atoms with Gasteiger partial charge in [0.2, 0.25) is 11.8 Å². The van der Waals surface area contributed by atoms with Crippen molar-refractivity contribution in [1.82, 2.24) is 10.3 Å². The summed E-state index contributed by atoms with van der Waals surface area (Å²) in [5, 5.41) is 2.88. The first-order valence-corrected chi connectivity index (χ1v) is 12.2. The average molecular weight is 472 g/mol. The number of aromatic nitrogens is 1. The molecule has 1 aromatic heterocycles. The number of sulfonamides is 1. The molecule has 0 saturated carbocycles. The average Bonchev–Trinajstić information content (AvgIpc) is 3.18. The van der Waals surface area contributed by atoms with E-state index < -0.39 is 10.0 Å². The third kappa shape index (κ3) is 6.35. The predicted molar refractivity (Wildman–Crippen MR) is 126 cm³/mol. The summed E-state index contributed by atoms with van der Waals surface area (Å²) in [5.41, 5.74) is 1.62. The van der Waals surface area contributed by atoms with Gasteiger partial charge >= 0.3 is 0 Å². The number of anilines is 1. The summed E-state index contributed by atoms with van der Waals surface area (Å²) in [7, 11) is -2.26. The molecule has 0 spiro atoms. The van der Waals surface area contributed by atoms with Crippen LogP contribution in [0.1, 0.15) is 38.1 Å². The Hall–Kier alpha value is -3.33. The number of amides is 1. The van der Waals surface area contributed by atoms with E-state index in [9.17, 15) is 13.2 Å². The molecule has 2 aromatic carbocycles. The molecule has 0 saturated heterocycles. The molecule has 0 bridgehead atoms. The lowest BCUT2D eigenvalue weighted by atomic mass is 10.1. The van der Waals surface area contributed by atoms with Crippen LogP contribution in [0.3, 0.4) is 0 Å². The third-order valence-corrected chi connectivity index (χ3v) is 6.71. The zero-order valence-electron chi connectivity index (χ0n) is 19.2. The van der Waals surface area contributed by atoms with E-state index in [1.807, 2.05) is 6.92 Å². The van der Waals surface area contributed by atoms with Crippen LogP contribution in [0.4, 0.5) is 5.69 Å². The summed E-state index contributed by atoms with van der Waals surface area (Å²) in [6.07, 6.45) is 1.41. The quantitative estimate of drug-likeness (QED) is 0.450. The van der Waals surface area contributed by atoms with Crippen LogP contribution in [0.25, 0.3) is 11.5 Å². The molecule has 176 valence electrons. The van der Waals surface area contributed by atoms with E-state index in [0.717, 1.165) is 6.42 Å². The highest BCUT2D eigenvalue weighted by molar-refractivity contribution is 7.92. The van der Waals surface area contributed by atoms with Crippen molar-refractivity contribution < 1.29 is 22.4 Å². The molecule has 33 heavy (non-hydrogen) atoms. The van der Waals surface area contributed by atoms with Crippen LogP contribution in [0.15, 0.2) is 57.8 Å². The molecule has 3 aromatic rings. The van der Waals surface area contributed by atoms with Gasteiger partial charge in [0.15, 0.2) is 0 Å². The Labute approximate surface area is 194 Å². The SMILES string of the molecule is CCC(C)CC(=O)NCc1nc(-c2cccc(NS(=O)(=O)c3ccc(OC)cc3)c2)oc1C. The minimum absolute atomic E-state index is 0.0248. The van der Waals surface area contributed by atoms with Crippen LogP contribution in [-0.4, -0.2) is 26.4 Å². The van der Waals surface area contributed by atoms with Crippen LogP contribution in [0.5, 0.6) is 5.75 Å². The van der Waals surface area contributed by atoms with Gasteiger partial charge in [0.25, 0.3) is 10.0 Å². The standard InChI is InChI=1S/C24H29N3O5S/c1-5-16(2)13-23(28)25-15-22-17(3)32-24(26-22)18-7-6-8-19(14-18)27-33(29,30)21-11-9-20(31-4)10-12-21/h6-12,14,16,27H,5,13,15H2,1-4H3,(H,25,28). The summed E-state index contributed by atoms with van der Waals surface area (Å²) in [4.78, 5) is 16.7. The third-order valence-electron chi connectivity index (χ3n) is 5.31. The molecule has 1 unspecified atom stereocenters. The van der Waals surface area contributed by atoms with Crippen molar-refractivity contribution in [1.29, 1.82) is 0 Å². The van der Waals surface area contributed by atoms with Gasteiger partial charge in [0.1, 0.15) is 17.2 Å². The molecule has 0 aliphatic rings. The number of methoxy groups -OCH3 is 1. The van der Waals surface area contributed by atoms with Crippen molar-refractivity contribution in [2.75, 3.05) is 11.8 Å².